The predicted octanol–water partition coefficient (Wildman–Crippen LogP) is 23.4. The molecule has 0 saturated heterocycles. The fraction of sp³-hybridized carbons (Fsp3) is 0.949. The Morgan fingerprint density at radius 3 is 0.776 bits per heavy atom. The number of phosphoric acid groups is 2. The van der Waals surface area contributed by atoms with Crippen LogP contribution in [0.3, 0.4) is 0 Å². The van der Waals surface area contributed by atoms with E-state index in [-0.39, 0.29) is 25.7 Å². The highest BCUT2D eigenvalue weighted by Crippen LogP contribution is 2.45. The van der Waals surface area contributed by atoms with Crippen LogP contribution in [0.25, 0.3) is 0 Å². The number of ether oxygens (including phenoxy) is 4. The minimum Gasteiger partial charge on any atom is -0.462 e. The van der Waals surface area contributed by atoms with Crippen LogP contribution in [0.4, 0.5) is 0 Å². The Bertz CT molecular complexity index is 1910. The molecule has 0 saturated carbocycles. The van der Waals surface area contributed by atoms with Crippen molar-refractivity contribution in [2.45, 2.75) is 426 Å². The molecule has 3 unspecified atom stereocenters. The Morgan fingerprint density at radius 2 is 0.520 bits per heavy atom. The minimum atomic E-state index is -4.96. The van der Waals surface area contributed by atoms with Crippen LogP contribution in [-0.2, 0) is 65.4 Å². The first-order valence-corrected chi connectivity index (χ1v) is 43.9. The summed E-state index contributed by atoms with van der Waals surface area (Å²) in [5.74, 6) is 0.252. The number of unbranched alkanes of at least 4 members (excludes halogenated alkanes) is 44. The van der Waals surface area contributed by atoms with Crippen molar-refractivity contribution in [1.82, 2.24) is 0 Å². The number of phosphoric ester groups is 2. The Labute approximate surface area is 600 Å². The van der Waals surface area contributed by atoms with Crippen molar-refractivity contribution in [3.63, 3.8) is 0 Å². The fourth-order valence-corrected chi connectivity index (χ4v) is 13.7. The van der Waals surface area contributed by atoms with Crippen molar-refractivity contribution < 1.29 is 80.2 Å². The second-order valence-electron chi connectivity index (χ2n) is 29.6. The Balaban J connectivity index is 5.27. The topological polar surface area (TPSA) is 237 Å². The maximum absolute atomic E-state index is 13.1. The highest BCUT2D eigenvalue weighted by Gasteiger charge is 2.30. The summed E-state index contributed by atoms with van der Waals surface area (Å²) in [6, 6.07) is 0. The molecular weight excluding hydrogens is 1280 g/mol. The van der Waals surface area contributed by atoms with E-state index in [0.717, 1.165) is 108 Å². The number of hydrogen-bond donors (Lipinski definition) is 3. The molecule has 0 bridgehead atoms. The van der Waals surface area contributed by atoms with Crippen molar-refractivity contribution in [2.75, 3.05) is 39.6 Å². The number of carbonyl (C=O) groups is 4. The fourth-order valence-electron chi connectivity index (χ4n) is 12.1. The Kier molecular flexibility index (Phi) is 68.1. The van der Waals surface area contributed by atoms with Gasteiger partial charge in [-0.05, 0) is 43.4 Å². The summed E-state index contributed by atoms with van der Waals surface area (Å²) >= 11 is 0. The van der Waals surface area contributed by atoms with Gasteiger partial charge in [0.1, 0.15) is 19.3 Å². The van der Waals surface area contributed by atoms with E-state index in [4.69, 9.17) is 37.0 Å². The average molecular weight is 1440 g/mol. The van der Waals surface area contributed by atoms with Gasteiger partial charge in [0.25, 0.3) is 0 Å². The number of aliphatic hydroxyl groups is 1. The van der Waals surface area contributed by atoms with Gasteiger partial charge in [0.05, 0.1) is 26.4 Å². The van der Waals surface area contributed by atoms with Gasteiger partial charge in [0.2, 0.25) is 0 Å². The monoisotopic (exact) mass is 1440 g/mol. The number of hydrogen-bond acceptors (Lipinski definition) is 15. The quantitative estimate of drug-likeness (QED) is 0.0222. The maximum Gasteiger partial charge on any atom is 0.472 e. The molecule has 0 aliphatic heterocycles. The SMILES string of the molecule is CCCCCCCCCCCCCCCC(=O)O[C@H](COC(=O)CCCCCCCCCCC(C)CC)COP(=O)(O)OC[C@H](O)COP(=O)(O)OC[C@@H](COC(=O)CCCCCCCCCCCCCCCC(C)C)OC(=O)CCCCCCCCCCCCCCCCC(C)C. The van der Waals surface area contributed by atoms with Crippen LogP contribution in [0, 0.1) is 17.8 Å². The van der Waals surface area contributed by atoms with Crippen molar-refractivity contribution in [3.05, 3.63) is 0 Å². The van der Waals surface area contributed by atoms with Crippen LogP contribution in [-0.4, -0.2) is 96.7 Å². The summed E-state index contributed by atoms with van der Waals surface area (Å²) < 4.78 is 68.7. The third kappa shape index (κ3) is 71.1. The highest BCUT2D eigenvalue weighted by molar-refractivity contribution is 7.47. The summed E-state index contributed by atoms with van der Waals surface area (Å²) in [6.07, 6.45) is 56.7. The molecule has 0 fully saturated rings. The van der Waals surface area contributed by atoms with Crippen molar-refractivity contribution in [1.29, 1.82) is 0 Å². The van der Waals surface area contributed by atoms with Crippen LogP contribution in [0.1, 0.15) is 408 Å². The maximum atomic E-state index is 13.1. The molecule has 19 heteroatoms. The lowest BCUT2D eigenvalue weighted by Crippen LogP contribution is -2.30. The average Bonchev–Trinajstić information content (AvgIpc) is 1.08. The summed E-state index contributed by atoms with van der Waals surface area (Å²) in [4.78, 5) is 73.0. The van der Waals surface area contributed by atoms with Gasteiger partial charge in [0.15, 0.2) is 12.2 Å². The van der Waals surface area contributed by atoms with Gasteiger partial charge in [0, 0.05) is 25.7 Å². The molecule has 0 aliphatic carbocycles. The van der Waals surface area contributed by atoms with Gasteiger partial charge < -0.3 is 33.8 Å². The lowest BCUT2D eigenvalue weighted by molar-refractivity contribution is -0.161. The lowest BCUT2D eigenvalue weighted by Gasteiger charge is -2.21. The third-order valence-corrected chi connectivity index (χ3v) is 20.6. The van der Waals surface area contributed by atoms with E-state index >= 15 is 0 Å². The smallest absolute Gasteiger partial charge is 0.462 e. The van der Waals surface area contributed by atoms with Crippen molar-refractivity contribution >= 4 is 39.5 Å². The standard InChI is InChI=1S/C79H154O17P2/c1-8-10-11-12-13-14-15-19-27-32-41-48-55-62-78(83)96-75(67-90-77(82)61-54-47-40-35-34-38-45-52-59-72(7)9-2)69-94-98(87,88)92-65-73(80)64-91-97(85,86)93-68-74(66-89-76(81)60-53-46-39-31-26-23-18-21-25-30-37-44-51-58-71(5)6)95-79(84)63-56-49-42-33-28-22-17-16-20-24-29-36-43-50-57-70(3)4/h70-75,80H,8-69H2,1-7H3,(H,85,86)(H,87,88)/t72?,73-,74-,75-/m1/s1. The largest absolute Gasteiger partial charge is 0.472 e. The molecule has 3 N–H and O–H groups in total. The summed E-state index contributed by atoms with van der Waals surface area (Å²) in [5, 5.41) is 10.6. The van der Waals surface area contributed by atoms with E-state index in [9.17, 15) is 43.2 Å². The van der Waals surface area contributed by atoms with Gasteiger partial charge >= 0.3 is 39.5 Å². The van der Waals surface area contributed by atoms with Crippen molar-refractivity contribution in [2.24, 2.45) is 17.8 Å². The molecule has 0 aromatic heterocycles. The lowest BCUT2D eigenvalue weighted by atomic mass is 9.99. The summed E-state index contributed by atoms with van der Waals surface area (Å²) in [5.41, 5.74) is 0. The molecule has 98 heavy (non-hydrogen) atoms. The van der Waals surface area contributed by atoms with Crippen LogP contribution in [0.5, 0.6) is 0 Å². The number of aliphatic hydroxyl groups excluding tert-OH is 1. The Morgan fingerprint density at radius 1 is 0.296 bits per heavy atom. The molecule has 17 nitrogen and oxygen atoms in total. The van der Waals surface area contributed by atoms with Crippen LogP contribution >= 0.6 is 15.6 Å². The number of rotatable bonds is 77. The van der Waals surface area contributed by atoms with Gasteiger partial charge in [-0.1, -0.05) is 357 Å². The third-order valence-electron chi connectivity index (χ3n) is 18.7. The normalized spacial score (nSPS) is 14.3. The minimum absolute atomic E-state index is 0.107. The molecular formula is C79H154O17P2. The molecule has 582 valence electrons. The van der Waals surface area contributed by atoms with E-state index in [1.165, 1.54) is 218 Å². The molecule has 0 amide bonds. The first-order chi connectivity index (χ1) is 47.3. The molecule has 0 aromatic carbocycles. The number of esters is 4. The van der Waals surface area contributed by atoms with Crippen molar-refractivity contribution in [3.8, 4) is 0 Å². The van der Waals surface area contributed by atoms with Gasteiger partial charge in [-0.2, -0.15) is 0 Å². The molecule has 0 aliphatic rings. The van der Waals surface area contributed by atoms with Crippen LogP contribution < -0.4 is 0 Å². The first-order valence-electron chi connectivity index (χ1n) is 40.9. The second kappa shape index (κ2) is 69.4. The summed E-state index contributed by atoms with van der Waals surface area (Å²) in [7, 11) is -9.92. The van der Waals surface area contributed by atoms with E-state index in [0.29, 0.717) is 25.7 Å². The highest BCUT2D eigenvalue weighted by atomic mass is 31.2. The second-order valence-corrected chi connectivity index (χ2v) is 32.6. The first kappa shape index (κ1) is 96.1. The predicted molar refractivity (Wildman–Crippen MR) is 400 cm³/mol. The van der Waals surface area contributed by atoms with Crippen LogP contribution in [0.2, 0.25) is 0 Å². The molecule has 0 heterocycles. The van der Waals surface area contributed by atoms with Gasteiger partial charge in [-0.15, -0.1) is 0 Å². The number of carbonyl (C=O) groups excluding carboxylic acids is 4. The zero-order chi connectivity index (χ0) is 72.3. The van der Waals surface area contributed by atoms with E-state index in [1.54, 1.807) is 0 Å². The van der Waals surface area contributed by atoms with Gasteiger partial charge in [-0.25, -0.2) is 9.13 Å². The van der Waals surface area contributed by atoms with E-state index in [2.05, 4.69) is 48.5 Å². The molecule has 0 aromatic rings. The molecule has 0 radical (unpaired) electrons. The molecule has 0 spiro atoms. The Hall–Kier alpha value is -1.94. The van der Waals surface area contributed by atoms with Gasteiger partial charge in [-0.3, -0.25) is 37.3 Å². The summed E-state index contributed by atoms with van der Waals surface area (Å²) in [6.45, 7) is 12.0. The molecule has 6 atom stereocenters. The van der Waals surface area contributed by atoms with Crippen LogP contribution in [0.15, 0.2) is 0 Å². The van der Waals surface area contributed by atoms with E-state index < -0.39 is 97.5 Å². The zero-order valence-electron chi connectivity index (χ0n) is 64.3. The zero-order valence-corrected chi connectivity index (χ0v) is 66.0. The van der Waals surface area contributed by atoms with E-state index in [1.807, 2.05) is 0 Å². The molecule has 0 rings (SSSR count).